The average molecular weight is 368 g/mol. The fourth-order valence-electron chi connectivity index (χ4n) is 2.94. The standard InChI is InChI=1S/C21H24N2O4/c1-3-27-18-10-8-17(9-11-18)22-21(25)19-13-26-14-20(24)23(19)12-16-6-4-15(2)5-7-16/h4-11,19H,3,12-14H2,1-2H3,(H,22,25)/t19-/m0/s1. The van der Waals surface area contributed by atoms with E-state index in [0.717, 1.165) is 16.9 Å². The number of aryl methyl sites for hydroxylation is 1. The van der Waals surface area contributed by atoms with E-state index in [0.29, 0.717) is 18.8 Å². The molecule has 0 unspecified atom stereocenters. The van der Waals surface area contributed by atoms with Crippen LogP contribution >= 0.6 is 0 Å². The predicted molar refractivity (Wildman–Crippen MR) is 103 cm³/mol. The van der Waals surface area contributed by atoms with Crippen molar-refractivity contribution in [1.82, 2.24) is 4.90 Å². The lowest BCUT2D eigenvalue weighted by Crippen LogP contribution is -2.54. The van der Waals surface area contributed by atoms with Gasteiger partial charge in [-0.25, -0.2) is 0 Å². The van der Waals surface area contributed by atoms with Crippen LogP contribution in [0.3, 0.4) is 0 Å². The second-order valence-corrected chi connectivity index (χ2v) is 6.48. The number of hydrogen-bond acceptors (Lipinski definition) is 4. The molecule has 3 rings (SSSR count). The minimum absolute atomic E-state index is 0.00129. The average Bonchev–Trinajstić information content (AvgIpc) is 2.67. The molecule has 2 aromatic carbocycles. The van der Waals surface area contributed by atoms with Crippen LogP contribution in [0.1, 0.15) is 18.1 Å². The van der Waals surface area contributed by atoms with E-state index < -0.39 is 6.04 Å². The Kier molecular flexibility index (Phi) is 6.08. The van der Waals surface area contributed by atoms with Crippen LogP contribution in [0.15, 0.2) is 48.5 Å². The van der Waals surface area contributed by atoms with E-state index in [9.17, 15) is 9.59 Å². The summed E-state index contributed by atoms with van der Waals surface area (Å²) >= 11 is 0. The minimum atomic E-state index is -0.667. The zero-order valence-corrected chi connectivity index (χ0v) is 15.6. The summed E-state index contributed by atoms with van der Waals surface area (Å²) in [5.41, 5.74) is 2.78. The second-order valence-electron chi connectivity index (χ2n) is 6.48. The van der Waals surface area contributed by atoms with E-state index >= 15 is 0 Å². The lowest BCUT2D eigenvalue weighted by atomic mass is 10.1. The molecule has 142 valence electrons. The molecule has 0 aromatic heterocycles. The highest BCUT2D eigenvalue weighted by molar-refractivity contribution is 5.98. The van der Waals surface area contributed by atoms with Gasteiger partial charge in [0.25, 0.3) is 0 Å². The van der Waals surface area contributed by atoms with Gasteiger partial charge in [-0.3, -0.25) is 9.59 Å². The molecular weight excluding hydrogens is 344 g/mol. The summed E-state index contributed by atoms with van der Waals surface area (Å²) in [6.07, 6.45) is 0. The van der Waals surface area contributed by atoms with E-state index in [2.05, 4.69) is 5.32 Å². The van der Waals surface area contributed by atoms with E-state index in [1.165, 1.54) is 0 Å². The number of morpholine rings is 1. The molecule has 1 atom stereocenters. The number of nitrogens with one attached hydrogen (secondary N) is 1. The third-order valence-electron chi connectivity index (χ3n) is 4.41. The third kappa shape index (κ3) is 4.86. The Morgan fingerprint density at radius 1 is 1.19 bits per heavy atom. The van der Waals surface area contributed by atoms with Gasteiger partial charge in [-0.2, -0.15) is 0 Å². The van der Waals surface area contributed by atoms with Crippen LogP contribution in [-0.4, -0.2) is 42.6 Å². The molecule has 2 aromatic rings. The largest absolute Gasteiger partial charge is 0.494 e. The van der Waals surface area contributed by atoms with Gasteiger partial charge < -0.3 is 19.7 Å². The number of carbonyl (C=O) groups excluding carboxylic acids is 2. The van der Waals surface area contributed by atoms with Gasteiger partial charge in [0.15, 0.2) is 0 Å². The Hall–Kier alpha value is -2.86. The molecule has 6 nitrogen and oxygen atoms in total. The first-order valence-corrected chi connectivity index (χ1v) is 9.03. The van der Waals surface area contributed by atoms with Crippen LogP contribution in [0.2, 0.25) is 0 Å². The van der Waals surface area contributed by atoms with Gasteiger partial charge in [-0.1, -0.05) is 29.8 Å². The van der Waals surface area contributed by atoms with Gasteiger partial charge in [0.05, 0.1) is 13.2 Å². The van der Waals surface area contributed by atoms with Crippen LogP contribution in [0.25, 0.3) is 0 Å². The highest BCUT2D eigenvalue weighted by atomic mass is 16.5. The van der Waals surface area contributed by atoms with Crippen molar-refractivity contribution < 1.29 is 19.1 Å². The molecule has 1 aliphatic heterocycles. The van der Waals surface area contributed by atoms with Gasteiger partial charge in [0.1, 0.15) is 18.4 Å². The lowest BCUT2D eigenvalue weighted by Gasteiger charge is -2.34. The van der Waals surface area contributed by atoms with Crippen molar-refractivity contribution in [3.8, 4) is 5.75 Å². The Bertz CT molecular complexity index is 787. The van der Waals surface area contributed by atoms with E-state index in [1.807, 2.05) is 38.1 Å². The Morgan fingerprint density at radius 3 is 2.56 bits per heavy atom. The molecule has 0 saturated carbocycles. The monoisotopic (exact) mass is 368 g/mol. The number of ether oxygens (including phenoxy) is 2. The molecule has 1 heterocycles. The van der Waals surface area contributed by atoms with Crippen LogP contribution in [-0.2, 0) is 20.9 Å². The summed E-state index contributed by atoms with van der Waals surface area (Å²) in [5.74, 6) is 0.292. The van der Waals surface area contributed by atoms with Crippen LogP contribution < -0.4 is 10.1 Å². The fourth-order valence-corrected chi connectivity index (χ4v) is 2.94. The van der Waals surface area contributed by atoms with Crippen molar-refractivity contribution in [2.24, 2.45) is 0 Å². The normalized spacial score (nSPS) is 16.9. The second kappa shape index (κ2) is 8.68. The van der Waals surface area contributed by atoms with Crippen molar-refractivity contribution in [3.05, 3.63) is 59.7 Å². The third-order valence-corrected chi connectivity index (χ3v) is 4.41. The summed E-state index contributed by atoms with van der Waals surface area (Å²) in [6.45, 7) is 5.07. The van der Waals surface area contributed by atoms with Crippen molar-refractivity contribution in [2.75, 3.05) is 25.1 Å². The Labute approximate surface area is 159 Å². The van der Waals surface area contributed by atoms with Crippen molar-refractivity contribution in [1.29, 1.82) is 0 Å². The Morgan fingerprint density at radius 2 is 1.89 bits per heavy atom. The van der Waals surface area contributed by atoms with Gasteiger partial charge in [-0.05, 0) is 43.7 Å². The molecule has 0 spiro atoms. The zero-order chi connectivity index (χ0) is 19.2. The zero-order valence-electron chi connectivity index (χ0n) is 15.6. The van der Waals surface area contributed by atoms with Crippen molar-refractivity contribution in [3.63, 3.8) is 0 Å². The van der Waals surface area contributed by atoms with Gasteiger partial charge >= 0.3 is 0 Å². The molecule has 2 amide bonds. The first-order chi connectivity index (χ1) is 13.1. The lowest BCUT2D eigenvalue weighted by molar-refractivity contribution is -0.154. The number of nitrogens with zero attached hydrogens (tertiary/aromatic N) is 1. The predicted octanol–water partition coefficient (Wildman–Crippen LogP) is 2.76. The van der Waals surface area contributed by atoms with Crippen LogP contribution in [0, 0.1) is 6.92 Å². The Balaban J connectivity index is 1.70. The highest BCUT2D eigenvalue weighted by Gasteiger charge is 2.34. The first-order valence-electron chi connectivity index (χ1n) is 9.03. The fraction of sp³-hybridized carbons (Fsp3) is 0.333. The van der Waals surface area contributed by atoms with Crippen molar-refractivity contribution >= 4 is 17.5 Å². The summed E-state index contributed by atoms with van der Waals surface area (Å²) in [7, 11) is 0. The quantitative estimate of drug-likeness (QED) is 0.851. The molecule has 0 radical (unpaired) electrons. The number of carbonyl (C=O) groups is 2. The topological polar surface area (TPSA) is 67.9 Å². The van der Waals surface area contributed by atoms with Crippen LogP contribution in [0.5, 0.6) is 5.75 Å². The van der Waals surface area contributed by atoms with Gasteiger partial charge in [0.2, 0.25) is 11.8 Å². The van der Waals surface area contributed by atoms with E-state index in [4.69, 9.17) is 9.47 Å². The first kappa shape index (κ1) is 18.9. The molecule has 6 heteroatoms. The molecule has 1 N–H and O–H groups in total. The summed E-state index contributed by atoms with van der Waals surface area (Å²) < 4.78 is 10.7. The smallest absolute Gasteiger partial charge is 0.249 e. The number of anilines is 1. The number of benzene rings is 2. The number of rotatable bonds is 6. The molecular formula is C21H24N2O4. The molecule has 0 bridgehead atoms. The van der Waals surface area contributed by atoms with Gasteiger partial charge in [-0.15, -0.1) is 0 Å². The SMILES string of the molecule is CCOc1ccc(NC(=O)[C@@H]2COCC(=O)N2Cc2ccc(C)cc2)cc1. The molecule has 1 saturated heterocycles. The van der Waals surface area contributed by atoms with Crippen LogP contribution in [0.4, 0.5) is 5.69 Å². The highest BCUT2D eigenvalue weighted by Crippen LogP contribution is 2.19. The molecule has 1 fully saturated rings. The number of amides is 2. The van der Waals surface area contributed by atoms with E-state index in [-0.39, 0.29) is 25.0 Å². The maximum atomic E-state index is 12.8. The van der Waals surface area contributed by atoms with Gasteiger partial charge in [0, 0.05) is 12.2 Å². The minimum Gasteiger partial charge on any atom is -0.494 e. The van der Waals surface area contributed by atoms with E-state index in [1.54, 1.807) is 29.2 Å². The maximum absolute atomic E-state index is 12.8. The maximum Gasteiger partial charge on any atom is 0.249 e. The summed E-state index contributed by atoms with van der Waals surface area (Å²) in [4.78, 5) is 26.7. The summed E-state index contributed by atoms with van der Waals surface area (Å²) in [6, 6.07) is 14.4. The number of hydrogen-bond donors (Lipinski definition) is 1. The molecule has 0 aliphatic carbocycles. The van der Waals surface area contributed by atoms with Crippen molar-refractivity contribution in [2.45, 2.75) is 26.4 Å². The molecule has 27 heavy (non-hydrogen) atoms. The summed E-state index contributed by atoms with van der Waals surface area (Å²) in [5, 5.41) is 2.86. The molecule has 1 aliphatic rings.